The summed E-state index contributed by atoms with van der Waals surface area (Å²) in [7, 11) is 0. The molecule has 1 atom stereocenters. The number of pyridine rings is 1. The summed E-state index contributed by atoms with van der Waals surface area (Å²) in [5, 5.41) is 14.3. The van der Waals surface area contributed by atoms with E-state index in [1.54, 1.807) is 20.8 Å². The van der Waals surface area contributed by atoms with Crippen LogP contribution in [0.15, 0.2) is 24.7 Å². The molecule has 1 saturated heterocycles. The predicted octanol–water partition coefficient (Wildman–Crippen LogP) is 3.55. The summed E-state index contributed by atoms with van der Waals surface area (Å²) in [6, 6.07) is 3.02. The van der Waals surface area contributed by atoms with Crippen LogP contribution in [0.2, 0.25) is 0 Å². The highest BCUT2D eigenvalue weighted by atomic mass is 19.4. The number of carbonyl (C=O) groups is 1. The number of alkyl halides is 3. The standard InChI is InChI=1S/C21H24F3N7O3/c1-20(2,3)34-19(32)31-4-5-33-14(12-31)9-27-16-6-17(29-10-15(16)21(22,23)24)30-18-11-26-13(7-25)8-28-18/h6,8,10-11,14H,4-5,9,12H2,1-3H3,(H2,27,28,29,30). The van der Waals surface area contributed by atoms with Gasteiger partial charge in [0.2, 0.25) is 0 Å². The molecule has 2 aromatic rings. The van der Waals surface area contributed by atoms with Crippen LogP contribution in [-0.4, -0.2) is 63.9 Å². The van der Waals surface area contributed by atoms with E-state index in [4.69, 9.17) is 14.7 Å². The van der Waals surface area contributed by atoms with E-state index in [2.05, 4.69) is 25.6 Å². The van der Waals surface area contributed by atoms with Gasteiger partial charge in [-0.2, -0.15) is 18.4 Å². The maximum Gasteiger partial charge on any atom is 0.419 e. The Hall–Kier alpha value is -3.66. The zero-order valence-electron chi connectivity index (χ0n) is 18.8. The lowest BCUT2D eigenvalue weighted by Gasteiger charge is -2.34. The van der Waals surface area contributed by atoms with Crippen molar-refractivity contribution in [3.05, 3.63) is 35.9 Å². The van der Waals surface area contributed by atoms with Crippen molar-refractivity contribution in [2.45, 2.75) is 38.7 Å². The highest BCUT2D eigenvalue weighted by Crippen LogP contribution is 2.35. The van der Waals surface area contributed by atoms with E-state index in [9.17, 15) is 18.0 Å². The molecule has 1 fully saturated rings. The van der Waals surface area contributed by atoms with Crippen LogP contribution in [-0.2, 0) is 15.7 Å². The lowest BCUT2D eigenvalue weighted by Crippen LogP contribution is -2.49. The molecule has 0 saturated carbocycles. The van der Waals surface area contributed by atoms with E-state index in [1.807, 2.05) is 6.07 Å². The lowest BCUT2D eigenvalue weighted by atomic mass is 10.2. The predicted molar refractivity (Wildman–Crippen MR) is 115 cm³/mol. The quantitative estimate of drug-likeness (QED) is 0.662. The Kier molecular flexibility index (Phi) is 7.41. The number of carbonyl (C=O) groups excluding carboxylic acids is 1. The van der Waals surface area contributed by atoms with Crippen molar-refractivity contribution < 1.29 is 27.4 Å². The van der Waals surface area contributed by atoms with E-state index in [0.717, 1.165) is 0 Å². The van der Waals surface area contributed by atoms with Crippen LogP contribution in [0, 0.1) is 11.3 Å². The van der Waals surface area contributed by atoms with Gasteiger partial charge < -0.3 is 25.0 Å². The molecule has 3 heterocycles. The number of ether oxygens (including phenoxy) is 2. The molecule has 2 N–H and O–H groups in total. The van der Waals surface area contributed by atoms with Gasteiger partial charge in [-0.25, -0.2) is 19.7 Å². The van der Waals surface area contributed by atoms with Crippen molar-refractivity contribution in [3.63, 3.8) is 0 Å². The second-order valence-electron chi connectivity index (χ2n) is 8.44. The Labute approximate surface area is 194 Å². The van der Waals surface area contributed by atoms with Gasteiger partial charge in [-0.05, 0) is 20.8 Å². The van der Waals surface area contributed by atoms with Crippen molar-refractivity contribution in [1.82, 2.24) is 19.9 Å². The van der Waals surface area contributed by atoms with Crippen LogP contribution in [0.25, 0.3) is 0 Å². The first-order valence-electron chi connectivity index (χ1n) is 10.3. The fourth-order valence-electron chi connectivity index (χ4n) is 3.04. The molecule has 1 aliphatic heterocycles. The Morgan fingerprint density at radius 1 is 1.24 bits per heavy atom. The second-order valence-corrected chi connectivity index (χ2v) is 8.44. The van der Waals surface area contributed by atoms with Crippen molar-refractivity contribution >= 4 is 23.4 Å². The highest BCUT2D eigenvalue weighted by molar-refractivity contribution is 5.68. The van der Waals surface area contributed by atoms with Crippen LogP contribution in [0.5, 0.6) is 0 Å². The zero-order valence-corrected chi connectivity index (χ0v) is 18.8. The third-order valence-corrected chi connectivity index (χ3v) is 4.54. The average molecular weight is 479 g/mol. The first-order chi connectivity index (χ1) is 15.9. The number of nitrogens with one attached hydrogen (secondary N) is 2. The number of halogens is 3. The van der Waals surface area contributed by atoms with Crippen LogP contribution < -0.4 is 10.6 Å². The fourth-order valence-corrected chi connectivity index (χ4v) is 3.04. The van der Waals surface area contributed by atoms with Gasteiger partial charge in [0, 0.05) is 25.4 Å². The molecule has 13 heteroatoms. The van der Waals surface area contributed by atoms with Gasteiger partial charge in [0.1, 0.15) is 23.3 Å². The third kappa shape index (κ3) is 6.92. The number of anilines is 3. The monoisotopic (exact) mass is 479 g/mol. The number of hydrogen-bond donors (Lipinski definition) is 2. The average Bonchev–Trinajstić information content (AvgIpc) is 2.76. The van der Waals surface area contributed by atoms with Crippen LogP contribution in [0.1, 0.15) is 32.0 Å². The van der Waals surface area contributed by atoms with E-state index < -0.39 is 29.5 Å². The molecular formula is C21H24F3N7O3. The fraction of sp³-hybridized carbons (Fsp3) is 0.476. The number of morpholine rings is 1. The molecular weight excluding hydrogens is 455 g/mol. The topological polar surface area (TPSA) is 125 Å². The maximum atomic E-state index is 13.5. The van der Waals surface area contributed by atoms with Gasteiger partial charge >= 0.3 is 12.3 Å². The van der Waals surface area contributed by atoms with E-state index in [0.29, 0.717) is 12.7 Å². The summed E-state index contributed by atoms with van der Waals surface area (Å²) in [6.45, 7) is 6.00. The van der Waals surface area contributed by atoms with Gasteiger partial charge in [-0.15, -0.1) is 0 Å². The molecule has 0 spiro atoms. The Morgan fingerprint density at radius 2 is 1.97 bits per heavy atom. The maximum absolute atomic E-state index is 13.5. The molecule has 182 valence electrons. The Morgan fingerprint density at radius 3 is 2.59 bits per heavy atom. The SMILES string of the molecule is CC(C)(C)OC(=O)N1CCOC(CNc2cc(Nc3cnc(C#N)cn3)ncc2C(F)(F)F)C1. The summed E-state index contributed by atoms with van der Waals surface area (Å²) < 4.78 is 51.6. The molecule has 0 aliphatic carbocycles. The lowest BCUT2D eigenvalue weighted by molar-refractivity contribution is -0.137. The zero-order chi connectivity index (χ0) is 24.9. The van der Waals surface area contributed by atoms with Crippen molar-refractivity contribution in [1.29, 1.82) is 5.26 Å². The van der Waals surface area contributed by atoms with Crippen LogP contribution in [0.4, 0.5) is 35.3 Å². The summed E-state index contributed by atoms with van der Waals surface area (Å²) in [4.78, 5) is 25.4. The number of aromatic nitrogens is 3. The van der Waals surface area contributed by atoms with E-state index in [1.165, 1.54) is 23.4 Å². The van der Waals surface area contributed by atoms with Gasteiger partial charge in [-0.1, -0.05) is 0 Å². The summed E-state index contributed by atoms with van der Waals surface area (Å²) in [6.07, 6.45) is -2.49. The molecule has 1 unspecified atom stereocenters. The van der Waals surface area contributed by atoms with Gasteiger partial charge in [0.15, 0.2) is 5.69 Å². The molecule has 0 aromatic carbocycles. The molecule has 1 aliphatic rings. The minimum Gasteiger partial charge on any atom is -0.444 e. The first-order valence-corrected chi connectivity index (χ1v) is 10.3. The first kappa shape index (κ1) is 25.0. The van der Waals surface area contributed by atoms with Gasteiger partial charge in [0.05, 0.1) is 42.9 Å². The summed E-state index contributed by atoms with van der Waals surface area (Å²) in [5.41, 5.74) is -1.74. The third-order valence-electron chi connectivity index (χ3n) is 4.54. The number of amides is 1. The largest absolute Gasteiger partial charge is 0.444 e. The smallest absolute Gasteiger partial charge is 0.419 e. The number of rotatable bonds is 5. The van der Waals surface area contributed by atoms with Gasteiger partial charge in [-0.3, -0.25) is 0 Å². The van der Waals surface area contributed by atoms with Crippen molar-refractivity contribution in [2.75, 3.05) is 36.9 Å². The molecule has 2 aromatic heterocycles. The van der Waals surface area contributed by atoms with Crippen molar-refractivity contribution in [3.8, 4) is 6.07 Å². The number of hydrogen-bond acceptors (Lipinski definition) is 9. The Balaban J connectivity index is 1.71. The molecule has 0 radical (unpaired) electrons. The van der Waals surface area contributed by atoms with Gasteiger partial charge in [0.25, 0.3) is 0 Å². The number of nitriles is 1. The minimum absolute atomic E-state index is 0.0164. The molecule has 10 nitrogen and oxygen atoms in total. The second kappa shape index (κ2) is 10.1. The van der Waals surface area contributed by atoms with E-state index >= 15 is 0 Å². The van der Waals surface area contributed by atoms with Crippen molar-refractivity contribution in [2.24, 2.45) is 0 Å². The van der Waals surface area contributed by atoms with Crippen LogP contribution >= 0.6 is 0 Å². The highest BCUT2D eigenvalue weighted by Gasteiger charge is 2.35. The molecule has 0 bridgehead atoms. The molecule has 3 rings (SSSR count). The molecule has 1 amide bonds. The van der Waals surface area contributed by atoms with Crippen LogP contribution in [0.3, 0.4) is 0 Å². The normalized spacial score (nSPS) is 16.5. The summed E-state index contributed by atoms with van der Waals surface area (Å²) in [5.74, 6) is 0.301. The minimum atomic E-state index is -4.64. The number of nitrogens with zero attached hydrogens (tertiary/aromatic N) is 5. The Bertz CT molecular complexity index is 1050. The molecule has 34 heavy (non-hydrogen) atoms. The summed E-state index contributed by atoms with van der Waals surface area (Å²) >= 11 is 0. The van der Waals surface area contributed by atoms with E-state index in [-0.39, 0.29) is 42.7 Å².